The van der Waals surface area contributed by atoms with Crippen LogP contribution in [0.4, 0.5) is 0 Å². The van der Waals surface area contributed by atoms with E-state index in [1.54, 1.807) is 0 Å². The molecule has 1 heterocycles. The lowest BCUT2D eigenvalue weighted by Crippen LogP contribution is -1.99. The van der Waals surface area contributed by atoms with Gasteiger partial charge in [0, 0.05) is 5.02 Å². The van der Waals surface area contributed by atoms with Gasteiger partial charge in [-0.25, -0.2) is 8.42 Å². The van der Waals surface area contributed by atoms with Crippen molar-refractivity contribution in [3.63, 3.8) is 0 Å². The SMILES string of the molecule is O=S(=O)(N=C1[N-]CCS1)c1ccc(Cl)cc1. The minimum absolute atomic E-state index is 0.132. The number of sulfonamides is 1. The summed E-state index contributed by atoms with van der Waals surface area (Å²) in [6.45, 7) is 0.625. The van der Waals surface area contributed by atoms with Gasteiger partial charge in [0.2, 0.25) is 10.0 Å². The molecule has 0 unspecified atom stereocenters. The van der Waals surface area contributed by atoms with Crippen LogP contribution in [0.25, 0.3) is 5.32 Å². The molecule has 16 heavy (non-hydrogen) atoms. The quantitative estimate of drug-likeness (QED) is 0.833. The maximum atomic E-state index is 11.8. The van der Waals surface area contributed by atoms with E-state index in [2.05, 4.69) is 9.71 Å². The molecule has 0 N–H and O–H groups in total. The van der Waals surface area contributed by atoms with E-state index in [9.17, 15) is 8.42 Å². The number of amidine groups is 1. The fourth-order valence-electron chi connectivity index (χ4n) is 1.14. The largest absolute Gasteiger partial charge is 0.459 e. The first-order valence-corrected chi connectivity index (χ1v) is 7.29. The van der Waals surface area contributed by atoms with Crippen molar-refractivity contribution in [3.8, 4) is 0 Å². The molecular weight excluding hydrogens is 268 g/mol. The van der Waals surface area contributed by atoms with Crippen LogP contribution in [0, 0.1) is 0 Å². The van der Waals surface area contributed by atoms with Crippen LogP contribution in [0.5, 0.6) is 0 Å². The van der Waals surface area contributed by atoms with Crippen LogP contribution < -0.4 is 0 Å². The maximum Gasteiger partial charge on any atom is 0.202 e. The van der Waals surface area contributed by atoms with E-state index in [0.717, 1.165) is 5.75 Å². The molecule has 1 aromatic rings. The molecule has 0 bridgehead atoms. The molecule has 1 aromatic carbocycles. The van der Waals surface area contributed by atoms with Gasteiger partial charge in [-0.05, 0) is 41.7 Å². The number of benzene rings is 1. The lowest BCUT2D eigenvalue weighted by Gasteiger charge is -2.09. The predicted molar refractivity (Wildman–Crippen MR) is 66.8 cm³/mol. The Labute approximate surface area is 103 Å². The molecule has 86 valence electrons. The van der Waals surface area contributed by atoms with Gasteiger partial charge in [0.05, 0.1) is 4.90 Å². The minimum atomic E-state index is -3.65. The van der Waals surface area contributed by atoms with Gasteiger partial charge in [0.15, 0.2) is 0 Å². The third kappa shape index (κ3) is 2.69. The van der Waals surface area contributed by atoms with Crippen molar-refractivity contribution in [1.29, 1.82) is 0 Å². The van der Waals surface area contributed by atoms with Gasteiger partial charge in [-0.15, -0.1) is 11.8 Å². The van der Waals surface area contributed by atoms with Crippen LogP contribution in [0.15, 0.2) is 33.6 Å². The highest BCUT2D eigenvalue weighted by molar-refractivity contribution is 8.15. The molecular formula is C9H8ClN2O2S2-. The van der Waals surface area contributed by atoms with E-state index in [4.69, 9.17) is 11.6 Å². The summed E-state index contributed by atoms with van der Waals surface area (Å²) in [5.41, 5.74) is 0. The molecule has 0 aliphatic carbocycles. The van der Waals surface area contributed by atoms with E-state index in [1.807, 2.05) is 0 Å². The lowest BCUT2D eigenvalue weighted by molar-refractivity contribution is 0.598. The predicted octanol–water partition coefficient (Wildman–Crippen LogP) is 2.51. The zero-order chi connectivity index (χ0) is 11.6. The van der Waals surface area contributed by atoms with Crippen LogP contribution in [0.3, 0.4) is 0 Å². The first-order chi connectivity index (χ1) is 7.58. The smallest absolute Gasteiger partial charge is 0.202 e. The highest BCUT2D eigenvalue weighted by Crippen LogP contribution is 2.23. The first kappa shape index (κ1) is 11.8. The Morgan fingerprint density at radius 1 is 1.31 bits per heavy atom. The second-order valence-corrected chi connectivity index (χ2v) is 6.14. The van der Waals surface area contributed by atoms with Crippen LogP contribution >= 0.6 is 23.4 Å². The Bertz CT molecular complexity index is 503. The van der Waals surface area contributed by atoms with E-state index in [0.29, 0.717) is 16.7 Å². The average Bonchev–Trinajstić information content (AvgIpc) is 2.70. The molecule has 1 aliphatic heterocycles. The molecule has 4 nitrogen and oxygen atoms in total. The summed E-state index contributed by atoms with van der Waals surface area (Å²) in [6.07, 6.45) is 0. The van der Waals surface area contributed by atoms with E-state index in [1.165, 1.54) is 36.0 Å². The van der Waals surface area contributed by atoms with E-state index >= 15 is 0 Å². The van der Waals surface area contributed by atoms with Gasteiger partial charge < -0.3 is 9.71 Å². The van der Waals surface area contributed by atoms with Crippen LogP contribution in [-0.4, -0.2) is 25.9 Å². The van der Waals surface area contributed by atoms with Gasteiger partial charge >= 0.3 is 0 Å². The fraction of sp³-hybridized carbons (Fsp3) is 0.222. The summed E-state index contributed by atoms with van der Waals surface area (Å²) in [7, 11) is -3.65. The van der Waals surface area contributed by atoms with Gasteiger partial charge in [0.1, 0.15) is 0 Å². The first-order valence-electron chi connectivity index (χ1n) is 4.49. The monoisotopic (exact) mass is 275 g/mol. The highest BCUT2D eigenvalue weighted by atomic mass is 35.5. The number of thioether (sulfide) groups is 1. The topological polar surface area (TPSA) is 60.6 Å². The number of hydrogen-bond acceptors (Lipinski definition) is 3. The summed E-state index contributed by atoms with van der Waals surface area (Å²) in [4.78, 5) is 0.132. The lowest BCUT2D eigenvalue weighted by atomic mass is 10.4. The number of hydrogen-bond donors (Lipinski definition) is 0. The van der Waals surface area contributed by atoms with Gasteiger partial charge in [0.25, 0.3) is 0 Å². The van der Waals surface area contributed by atoms with Crippen LogP contribution in [-0.2, 0) is 10.0 Å². The molecule has 0 amide bonds. The Hall–Kier alpha value is -0.720. The Kier molecular flexibility index (Phi) is 3.41. The molecule has 1 saturated heterocycles. The zero-order valence-corrected chi connectivity index (χ0v) is 10.5. The Morgan fingerprint density at radius 2 is 2.00 bits per heavy atom. The number of nitrogens with zero attached hydrogens (tertiary/aromatic N) is 2. The second kappa shape index (κ2) is 4.65. The molecule has 0 saturated carbocycles. The molecule has 0 atom stereocenters. The summed E-state index contributed by atoms with van der Waals surface area (Å²) < 4.78 is 27.2. The molecule has 0 aromatic heterocycles. The van der Waals surface area contributed by atoms with Crippen LogP contribution in [0.1, 0.15) is 0 Å². The third-order valence-electron chi connectivity index (χ3n) is 1.88. The van der Waals surface area contributed by atoms with Gasteiger partial charge in [-0.3, -0.25) is 0 Å². The normalized spacial score (nSPS) is 18.7. The van der Waals surface area contributed by atoms with Crippen molar-refractivity contribution in [1.82, 2.24) is 0 Å². The molecule has 7 heteroatoms. The summed E-state index contributed by atoms with van der Waals surface area (Å²) >= 11 is 7.02. The van der Waals surface area contributed by atoms with Crippen molar-refractivity contribution in [2.45, 2.75) is 4.90 Å². The van der Waals surface area contributed by atoms with E-state index < -0.39 is 10.0 Å². The third-order valence-corrected chi connectivity index (χ3v) is 4.39. The Balaban J connectivity index is 2.31. The van der Waals surface area contributed by atoms with Gasteiger partial charge in [-0.2, -0.15) is 0 Å². The maximum absolute atomic E-state index is 11.8. The Morgan fingerprint density at radius 3 is 2.56 bits per heavy atom. The average molecular weight is 276 g/mol. The number of halogens is 1. The standard InChI is InChI=1S/C9H8ClN2O2S2/c10-7-1-3-8(4-2-7)16(13,14)12-9-11-5-6-15-9/h1-4H,5-6H2/q-1. The zero-order valence-electron chi connectivity index (χ0n) is 8.13. The molecule has 2 rings (SSSR count). The molecule has 0 spiro atoms. The summed E-state index contributed by atoms with van der Waals surface area (Å²) in [5.74, 6) is 0.787. The minimum Gasteiger partial charge on any atom is -0.459 e. The summed E-state index contributed by atoms with van der Waals surface area (Å²) in [5, 5.41) is 4.79. The van der Waals surface area contributed by atoms with Crippen molar-refractivity contribution in [2.24, 2.45) is 4.40 Å². The van der Waals surface area contributed by atoms with Crippen molar-refractivity contribution in [3.05, 3.63) is 34.6 Å². The van der Waals surface area contributed by atoms with E-state index in [-0.39, 0.29) is 4.90 Å². The molecule has 0 radical (unpaired) electrons. The van der Waals surface area contributed by atoms with Gasteiger partial charge in [-0.1, -0.05) is 11.6 Å². The molecule has 1 aliphatic rings. The number of rotatable bonds is 2. The van der Waals surface area contributed by atoms with Crippen molar-refractivity contribution in [2.75, 3.05) is 12.3 Å². The summed E-state index contributed by atoms with van der Waals surface area (Å²) in [6, 6.07) is 5.91. The van der Waals surface area contributed by atoms with Crippen molar-refractivity contribution < 1.29 is 8.42 Å². The fourth-order valence-corrected chi connectivity index (χ4v) is 3.17. The van der Waals surface area contributed by atoms with Crippen LogP contribution in [0.2, 0.25) is 5.02 Å². The van der Waals surface area contributed by atoms with Crippen molar-refractivity contribution >= 4 is 38.6 Å². The molecule has 1 fully saturated rings. The highest BCUT2D eigenvalue weighted by Gasteiger charge is 2.08. The second-order valence-electron chi connectivity index (χ2n) is 3.03.